The minimum absolute atomic E-state index is 0.0185. The number of hydrogen-bond donors (Lipinski definition) is 2. The Labute approximate surface area is 213 Å². The third kappa shape index (κ3) is 3.65. The summed E-state index contributed by atoms with van der Waals surface area (Å²) in [6, 6.07) is 15.3. The molecule has 36 heavy (non-hydrogen) atoms. The minimum atomic E-state index is -0.0270. The number of amides is 1. The number of halogens is 1. The van der Waals surface area contributed by atoms with E-state index in [1.54, 1.807) is 31.5 Å². The summed E-state index contributed by atoms with van der Waals surface area (Å²) in [5.41, 5.74) is 4.31. The van der Waals surface area contributed by atoms with E-state index >= 15 is 0 Å². The van der Waals surface area contributed by atoms with Crippen LogP contribution in [0.3, 0.4) is 0 Å². The fourth-order valence-electron chi connectivity index (χ4n) is 5.21. The van der Waals surface area contributed by atoms with E-state index in [9.17, 15) is 4.79 Å². The third-order valence-corrected chi connectivity index (χ3v) is 7.47. The second-order valence-electron chi connectivity index (χ2n) is 9.25. The monoisotopic (exact) mass is 501 g/mol. The molecule has 3 aliphatic rings. The molecule has 3 aromatic rings. The Balaban J connectivity index is 1.26. The molecule has 1 aromatic heterocycles. The number of carbonyl (C=O) groups is 1. The maximum Gasteiger partial charge on any atom is 0.281 e. The van der Waals surface area contributed by atoms with Crippen molar-refractivity contribution < 1.29 is 14.1 Å². The van der Waals surface area contributed by atoms with E-state index < -0.39 is 0 Å². The summed E-state index contributed by atoms with van der Waals surface area (Å²) in [6.45, 7) is 1.25. The number of aromatic amines is 1. The first-order valence-electron chi connectivity index (χ1n) is 11.9. The number of benzene rings is 2. The summed E-state index contributed by atoms with van der Waals surface area (Å²) in [6.07, 6.45) is 6.96. The summed E-state index contributed by atoms with van der Waals surface area (Å²) in [5, 5.41) is 1.59. The number of aromatic nitrogens is 1. The number of aliphatic imine (C=N–C) groups is 2. The number of carbonyl (C=O) groups excluding carboxylic acids is 1. The Kier molecular flexibility index (Phi) is 5.52. The number of fused-ring (bicyclic) bond motifs is 2. The van der Waals surface area contributed by atoms with Crippen LogP contribution in [0.4, 0.5) is 0 Å². The highest BCUT2D eigenvalue weighted by molar-refractivity contribution is 6.32. The smallest absolute Gasteiger partial charge is 0.281 e. The van der Waals surface area contributed by atoms with Gasteiger partial charge in [0.1, 0.15) is 23.3 Å². The number of nitrogens with two attached hydrogens (primary N) is 1. The molecule has 0 bridgehead atoms. The molecule has 9 heteroatoms. The minimum Gasteiger partial charge on any atom is -0.495 e. The van der Waals surface area contributed by atoms with Crippen molar-refractivity contribution in [1.29, 1.82) is 0 Å². The van der Waals surface area contributed by atoms with E-state index in [0.717, 1.165) is 46.7 Å². The Bertz CT molecular complexity index is 1460. The number of nitrogens with zero attached hydrogens (tertiary/aromatic N) is 4. The van der Waals surface area contributed by atoms with E-state index in [1.165, 1.54) is 0 Å². The zero-order valence-electron chi connectivity index (χ0n) is 19.8. The van der Waals surface area contributed by atoms with Gasteiger partial charge in [-0.25, -0.2) is 0 Å². The number of nitrogens with one attached hydrogen (secondary N) is 1. The largest absolute Gasteiger partial charge is 0.495 e. The summed E-state index contributed by atoms with van der Waals surface area (Å²) < 4.78 is 5.26. The van der Waals surface area contributed by atoms with Crippen molar-refractivity contribution in [2.24, 2.45) is 21.7 Å². The summed E-state index contributed by atoms with van der Waals surface area (Å²) in [4.78, 5) is 27.9. The molecule has 2 aromatic carbocycles. The average Bonchev–Trinajstić information content (AvgIpc) is 3.47. The van der Waals surface area contributed by atoms with Gasteiger partial charge in [0, 0.05) is 35.5 Å². The van der Waals surface area contributed by atoms with Gasteiger partial charge >= 0.3 is 0 Å². The molecular weight excluding hydrogens is 476 g/mol. The van der Waals surface area contributed by atoms with Crippen LogP contribution >= 0.6 is 11.6 Å². The third-order valence-electron chi connectivity index (χ3n) is 7.16. The number of allylic oxidation sites excluding steroid dienone is 2. The fraction of sp³-hybridized carbons (Fsp3) is 0.222. The molecule has 6 rings (SSSR count). The molecule has 1 amide bonds. The van der Waals surface area contributed by atoms with Crippen LogP contribution < -0.4 is 10.6 Å². The van der Waals surface area contributed by atoms with Crippen LogP contribution in [-0.4, -0.2) is 52.6 Å². The van der Waals surface area contributed by atoms with Gasteiger partial charge in [0.05, 0.1) is 24.5 Å². The topological polar surface area (TPSA) is 96.1 Å². The molecule has 0 saturated carbocycles. The van der Waals surface area contributed by atoms with E-state index in [-0.39, 0.29) is 16.4 Å². The second kappa shape index (κ2) is 8.74. The number of piperidine rings is 1. The zero-order valence-corrected chi connectivity index (χ0v) is 20.6. The van der Waals surface area contributed by atoms with Crippen molar-refractivity contribution in [3.8, 4) is 5.75 Å². The van der Waals surface area contributed by atoms with Gasteiger partial charge in [0.15, 0.2) is 0 Å². The fourth-order valence-corrected chi connectivity index (χ4v) is 5.41. The van der Waals surface area contributed by atoms with Gasteiger partial charge in [-0.05, 0) is 43.2 Å². The first kappa shape index (κ1) is 22.7. The first-order chi connectivity index (χ1) is 17.5. The van der Waals surface area contributed by atoms with Crippen molar-refractivity contribution in [3.63, 3.8) is 0 Å². The molecule has 0 aliphatic carbocycles. The van der Waals surface area contributed by atoms with Crippen LogP contribution in [0.5, 0.6) is 5.75 Å². The number of para-hydroxylation sites is 1. The van der Waals surface area contributed by atoms with Crippen LogP contribution in [0.25, 0.3) is 10.9 Å². The van der Waals surface area contributed by atoms with Crippen molar-refractivity contribution in [2.75, 3.05) is 20.2 Å². The molecule has 1 saturated heterocycles. The molecule has 3 aliphatic heterocycles. The van der Waals surface area contributed by atoms with E-state index in [0.29, 0.717) is 29.4 Å². The molecule has 0 radical (unpaired) electrons. The molecule has 8 nitrogen and oxygen atoms in total. The molecule has 4 heterocycles. The molecule has 1 atom stereocenters. The number of methoxy groups -OCH3 is 1. The number of hydrogen-bond acceptors (Lipinski definition) is 5. The van der Waals surface area contributed by atoms with Crippen molar-refractivity contribution >= 4 is 40.5 Å². The standard InChI is InChI=1S/C27H26ClN6O2/c1-36-24-15-19(6-7-20(24)28)27(35)33-11-8-17(9-12-33)25-23-16-30-10-13-34(23,29)26(32-25)22-14-18-4-2-3-5-21(18)31-22/h2-7,10,13-17,31H,8-9,11-12,29H2,1H3/q+1. The van der Waals surface area contributed by atoms with Crippen LogP contribution in [0.1, 0.15) is 28.9 Å². The van der Waals surface area contributed by atoms with Gasteiger partial charge in [-0.3, -0.25) is 9.79 Å². The molecule has 3 N–H and O–H groups in total. The number of H-pyrrole nitrogens is 1. The maximum absolute atomic E-state index is 13.1. The Hall–Kier alpha value is -3.72. The van der Waals surface area contributed by atoms with E-state index in [2.05, 4.69) is 22.1 Å². The number of rotatable bonds is 4. The van der Waals surface area contributed by atoms with Crippen LogP contribution in [-0.2, 0) is 0 Å². The average molecular weight is 502 g/mol. The molecule has 1 fully saturated rings. The number of ether oxygens (including phenoxy) is 1. The number of likely N-dealkylation sites (tertiary alicyclic amines) is 1. The first-order valence-corrected chi connectivity index (χ1v) is 12.3. The zero-order chi connectivity index (χ0) is 24.9. The highest BCUT2D eigenvalue weighted by atomic mass is 35.5. The quantitative estimate of drug-likeness (QED) is 0.404. The predicted molar refractivity (Wildman–Crippen MR) is 141 cm³/mol. The number of amidine groups is 1. The van der Waals surface area contributed by atoms with E-state index in [4.69, 9.17) is 27.2 Å². The normalized spacial score (nSPS) is 21.8. The summed E-state index contributed by atoms with van der Waals surface area (Å²) in [7, 11) is 1.54. The molecular formula is C27H26ClN6O2+. The van der Waals surface area contributed by atoms with Gasteiger partial charge in [-0.2, -0.15) is 10.8 Å². The lowest BCUT2D eigenvalue weighted by atomic mass is 9.92. The Morgan fingerprint density at radius 1 is 1.19 bits per heavy atom. The lowest BCUT2D eigenvalue weighted by Crippen LogP contribution is -2.53. The van der Waals surface area contributed by atoms with E-state index in [1.807, 2.05) is 35.5 Å². The maximum atomic E-state index is 13.1. The number of quaternary nitrogens is 1. The van der Waals surface area contributed by atoms with Crippen LogP contribution in [0.2, 0.25) is 5.02 Å². The predicted octanol–water partition coefficient (Wildman–Crippen LogP) is 4.60. The molecule has 182 valence electrons. The molecule has 1 unspecified atom stereocenters. The van der Waals surface area contributed by atoms with Gasteiger partial charge in [0.25, 0.3) is 11.7 Å². The van der Waals surface area contributed by atoms with Crippen molar-refractivity contribution in [3.05, 3.63) is 88.6 Å². The highest BCUT2D eigenvalue weighted by Crippen LogP contribution is 2.38. The van der Waals surface area contributed by atoms with Gasteiger partial charge in [-0.1, -0.05) is 29.8 Å². The lowest BCUT2D eigenvalue weighted by molar-refractivity contribution is -0.750. The lowest BCUT2D eigenvalue weighted by Gasteiger charge is -2.32. The Morgan fingerprint density at radius 3 is 2.78 bits per heavy atom. The van der Waals surface area contributed by atoms with Crippen LogP contribution in [0.15, 0.2) is 82.3 Å². The van der Waals surface area contributed by atoms with Crippen LogP contribution in [0, 0.1) is 5.92 Å². The highest BCUT2D eigenvalue weighted by Gasteiger charge is 2.46. The second-order valence-corrected chi connectivity index (χ2v) is 9.65. The Morgan fingerprint density at radius 2 is 2.00 bits per heavy atom. The van der Waals surface area contributed by atoms with Crippen molar-refractivity contribution in [2.45, 2.75) is 12.8 Å². The summed E-state index contributed by atoms with van der Waals surface area (Å²) in [5.74, 6) is 8.30. The van der Waals surface area contributed by atoms with Gasteiger partial charge in [0.2, 0.25) is 5.70 Å². The van der Waals surface area contributed by atoms with Crippen molar-refractivity contribution in [1.82, 2.24) is 9.88 Å². The van der Waals surface area contributed by atoms with Gasteiger partial charge in [-0.15, -0.1) is 4.59 Å². The SMILES string of the molecule is COc1cc(C(=O)N2CCC(C3=C4C=NC=C[N+]4(N)C(c4cc5ccccc5[nH]4)=N3)CC2)ccc1Cl. The summed E-state index contributed by atoms with van der Waals surface area (Å²) >= 11 is 6.13. The molecule has 0 spiro atoms. The van der Waals surface area contributed by atoms with Gasteiger partial charge < -0.3 is 14.6 Å².